The zero-order valence-electron chi connectivity index (χ0n) is 12.8. The fourth-order valence-corrected chi connectivity index (χ4v) is 3.83. The molecule has 2 aromatic carbocycles. The molecule has 124 valence electrons. The highest BCUT2D eigenvalue weighted by Gasteiger charge is 2.23. The Kier molecular flexibility index (Phi) is 4.45. The number of hydrogen-bond acceptors (Lipinski definition) is 4. The van der Waals surface area contributed by atoms with Crippen molar-refractivity contribution >= 4 is 32.5 Å². The van der Waals surface area contributed by atoms with E-state index in [2.05, 4.69) is 9.71 Å². The van der Waals surface area contributed by atoms with Gasteiger partial charge in [0.25, 0.3) is 0 Å². The van der Waals surface area contributed by atoms with Crippen LogP contribution in [0.15, 0.2) is 53.4 Å². The van der Waals surface area contributed by atoms with Crippen LogP contribution in [0.5, 0.6) is 5.75 Å². The highest BCUT2D eigenvalue weighted by atomic mass is 35.5. The summed E-state index contributed by atoms with van der Waals surface area (Å²) in [5.74, 6) is -0.404. The topological polar surface area (TPSA) is 79.3 Å². The van der Waals surface area contributed by atoms with E-state index in [1.54, 1.807) is 31.2 Å². The van der Waals surface area contributed by atoms with Crippen molar-refractivity contribution in [3.63, 3.8) is 0 Å². The van der Waals surface area contributed by atoms with Crippen LogP contribution in [0.1, 0.15) is 11.3 Å². The number of rotatable bonds is 4. The Morgan fingerprint density at radius 3 is 2.58 bits per heavy atom. The first-order valence-corrected chi connectivity index (χ1v) is 9.07. The lowest BCUT2D eigenvalue weighted by Gasteiger charge is -2.11. The molecule has 0 saturated heterocycles. The number of pyridine rings is 1. The molecule has 0 bridgehead atoms. The Bertz CT molecular complexity index is 1010. The number of fused-ring (bicyclic) bond motifs is 1. The van der Waals surface area contributed by atoms with E-state index in [9.17, 15) is 13.5 Å². The molecule has 1 aromatic heterocycles. The molecule has 3 rings (SSSR count). The Balaban J connectivity index is 2.03. The second-order valence-electron chi connectivity index (χ2n) is 5.36. The number of nitrogens with one attached hydrogen (secondary N) is 1. The lowest BCUT2D eigenvalue weighted by Crippen LogP contribution is -2.23. The number of phenolic OH excluding ortho intramolecular Hbond substituents is 1. The first-order valence-electron chi connectivity index (χ1n) is 7.21. The molecular weight excluding hydrogens is 348 g/mol. The summed E-state index contributed by atoms with van der Waals surface area (Å²) in [6, 6.07) is 13.8. The molecule has 0 radical (unpaired) electrons. The lowest BCUT2D eigenvalue weighted by atomic mass is 10.2. The van der Waals surface area contributed by atoms with Gasteiger partial charge in [0.05, 0.1) is 5.02 Å². The van der Waals surface area contributed by atoms with Crippen molar-refractivity contribution in [2.45, 2.75) is 18.4 Å². The quantitative estimate of drug-likeness (QED) is 0.745. The second kappa shape index (κ2) is 6.39. The van der Waals surface area contributed by atoms with E-state index in [-0.39, 0.29) is 22.0 Å². The van der Waals surface area contributed by atoms with Crippen molar-refractivity contribution in [2.75, 3.05) is 0 Å². The molecule has 5 nitrogen and oxygen atoms in total. The van der Waals surface area contributed by atoms with E-state index >= 15 is 0 Å². The number of aromatic nitrogens is 1. The van der Waals surface area contributed by atoms with Crippen molar-refractivity contribution in [3.8, 4) is 5.75 Å². The second-order valence-corrected chi connectivity index (χ2v) is 7.51. The number of nitrogens with zero attached hydrogens (tertiary/aromatic N) is 1. The minimum absolute atomic E-state index is 0.111. The number of hydrogen-bond donors (Lipinski definition) is 2. The van der Waals surface area contributed by atoms with Crippen molar-refractivity contribution < 1.29 is 13.5 Å². The number of aryl methyl sites for hydroxylation is 1. The lowest BCUT2D eigenvalue weighted by molar-refractivity contribution is 0.463. The van der Waals surface area contributed by atoms with Crippen LogP contribution in [-0.2, 0) is 16.6 Å². The van der Waals surface area contributed by atoms with Crippen LogP contribution < -0.4 is 4.72 Å². The number of phenols is 1. The van der Waals surface area contributed by atoms with Gasteiger partial charge in [0, 0.05) is 17.6 Å². The molecule has 0 atom stereocenters. The minimum Gasteiger partial charge on any atom is -0.504 e. The SMILES string of the molecule is Cc1ccc2c(Cl)cc(S(=O)(=O)NCc3ccccc3)c(O)c2n1. The first-order chi connectivity index (χ1) is 11.4. The third-order valence-electron chi connectivity index (χ3n) is 3.61. The van der Waals surface area contributed by atoms with Gasteiger partial charge >= 0.3 is 0 Å². The van der Waals surface area contributed by atoms with Gasteiger partial charge in [-0.3, -0.25) is 0 Å². The van der Waals surface area contributed by atoms with E-state index < -0.39 is 15.8 Å². The van der Waals surface area contributed by atoms with Gasteiger partial charge in [-0.15, -0.1) is 0 Å². The molecule has 2 N–H and O–H groups in total. The monoisotopic (exact) mass is 362 g/mol. The molecule has 0 aliphatic heterocycles. The van der Waals surface area contributed by atoms with Gasteiger partial charge in [-0.25, -0.2) is 18.1 Å². The summed E-state index contributed by atoms with van der Waals surface area (Å²) in [5.41, 5.74) is 1.63. The zero-order chi connectivity index (χ0) is 17.3. The third-order valence-corrected chi connectivity index (χ3v) is 5.33. The molecule has 0 fully saturated rings. The summed E-state index contributed by atoms with van der Waals surface area (Å²) >= 11 is 6.17. The normalized spacial score (nSPS) is 11.8. The fraction of sp³-hybridized carbons (Fsp3) is 0.118. The average Bonchev–Trinajstić information content (AvgIpc) is 2.57. The van der Waals surface area contributed by atoms with Gasteiger partial charge in [0.15, 0.2) is 5.75 Å². The van der Waals surface area contributed by atoms with Crippen LogP contribution >= 0.6 is 11.6 Å². The first kappa shape index (κ1) is 16.7. The number of halogens is 1. The summed E-state index contributed by atoms with van der Waals surface area (Å²) in [6.45, 7) is 1.86. The van der Waals surface area contributed by atoms with E-state index in [1.165, 1.54) is 6.07 Å². The standard InChI is InChI=1S/C17H15ClN2O3S/c1-11-7-8-13-14(18)9-15(17(21)16(13)20-11)24(22,23)19-10-12-5-3-2-4-6-12/h2-9,19,21H,10H2,1H3. The Hall–Kier alpha value is -2.15. The summed E-state index contributed by atoms with van der Waals surface area (Å²) in [6.07, 6.45) is 0. The molecule has 0 aliphatic rings. The maximum Gasteiger partial charge on any atom is 0.244 e. The Morgan fingerprint density at radius 1 is 1.17 bits per heavy atom. The van der Waals surface area contributed by atoms with Crippen molar-refractivity contribution in [3.05, 3.63) is 64.8 Å². The van der Waals surface area contributed by atoms with Crippen LogP contribution in [0.2, 0.25) is 5.02 Å². The summed E-state index contributed by atoms with van der Waals surface area (Å²) in [4.78, 5) is 3.92. The fourth-order valence-electron chi connectivity index (χ4n) is 2.36. The molecule has 1 heterocycles. The summed E-state index contributed by atoms with van der Waals surface area (Å²) in [5, 5.41) is 11.1. The summed E-state index contributed by atoms with van der Waals surface area (Å²) in [7, 11) is -3.94. The minimum atomic E-state index is -3.94. The van der Waals surface area contributed by atoms with Gasteiger partial charge in [-0.1, -0.05) is 41.9 Å². The number of aromatic hydroxyl groups is 1. The van der Waals surface area contributed by atoms with Crippen molar-refractivity contribution in [2.24, 2.45) is 0 Å². The Morgan fingerprint density at radius 2 is 1.88 bits per heavy atom. The molecular formula is C17H15ClN2O3S. The van der Waals surface area contributed by atoms with Crippen LogP contribution in [0.25, 0.3) is 10.9 Å². The van der Waals surface area contributed by atoms with Crippen LogP contribution in [0.3, 0.4) is 0 Å². The van der Waals surface area contributed by atoms with E-state index in [0.717, 1.165) is 5.56 Å². The molecule has 0 spiro atoms. The van der Waals surface area contributed by atoms with Crippen molar-refractivity contribution in [1.82, 2.24) is 9.71 Å². The number of benzene rings is 2. The molecule has 0 amide bonds. The maximum atomic E-state index is 12.5. The van der Waals surface area contributed by atoms with E-state index in [4.69, 9.17) is 11.6 Å². The average molecular weight is 363 g/mol. The van der Waals surface area contributed by atoms with Crippen LogP contribution in [0, 0.1) is 6.92 Å². The number of sulfonamides is 1. The van der Waals surface area contributed by atoms with Crippen LogP contribution in [0.4, 0.5) is 0 Å². The highest BCUT2D eigenvalue weighted by molar-refractivity contribution is 7.89. The maximum absolute atomic E-state index is 12.5. The van der Waals surface area contributed by atoms with Gasteiger partial charge in [0.2, 0.25) is 10.0 Å². The van der Waals surface area contributed by atoms with Gasteiger partial charge in [-0.2, -0.15) is 0 Å². The largest absolute Gasteiger partial charge is 0.504 e. The van der Waals surface area contributed by atoms with Gasteiger partial charge < -0.3 is 5.11 Å². The molecule has 0 unspecified atom stereocenters. The zero-order valence-corrected chi connectivity index (χ0v) is 14.4. The third kappa shape index (κ3) is 3.21. The molecule has 3 aromatic rings. The predicted octanol–water partition coefficient (Wildman–Crippen LogP) is 3.38. The smallest absolute Gasteiger partial charge is 0.244 e. The predicted molar refractivity (Wildman–Crippen MR) is 93.6 cm³/mol. The van der Waals surface area contributed by atoms with Crippen molar-refractivity contribution in [1.29, 1.82) is 0 Å². The highest BCUT2D eigenvalue weighted by Crippen LogP contribution is 2.35. The van der Waals surface area contributed by atoms with E-state index in [1.807, 2.05) is 18.2 Å². The molecule has 0 aliphatic carbocycles. The Labute approximate surface area is 145 Å². The van der Waals surface area contributed by atoms with E-state index in [0.29, 0.717) is 11.1 Å². The van der Waals surface area contributed by atoms with Gasteiger partial charge in [0.1, 0.15) is 10.4 Å². The summed E-state index contributed by atoms with van der Waals surface area (Å²) < 4.78 is 27.6. The van der Waals surface area contributed by atoms with Crippen LogP contribution in [-0.4, -0.2) is 18.5 Å². The molecule has 7 heteroatoms. The molecule has 24 heavy (non-hydrogen) atoms. The van der Waals surface area contributed by atoms with Gasteiger partial charge in [-0.05, 0) is 30.7 Å². The molecule has 0 saturated carbocycles.